The Bertz CT molecular complexity index is 1010. The van der Waals surface area contributed by atoms with Crippen LogP contribution in [0.1, 0.15) is 6.42 Å². The van der Waals surface area contributed by atoms with Crippen LogP contribution in [0.2, 0.25) is 0 Å². The highest BCUT2D eigenvalue weighted by atomic mass is 32.2. The van der Waals surface area contributed by atoms with Gasteiger partial charge in [0, 0.05) is 11.4 Å². The summed E-state index contributed by atoms with van der Waals surface area (Å²) in [5.74, 6) is -1.54. The molecule has 0 radical (unpaired) electrons. The molecule has 0 fully saturated rings. The summed E-state index contributed by atoms with van der Waals surface area (Å²) in [6.45, 7) is 0. The van der Waals surface area contributed by atoms with Gasteiger partial charge in [-0.05, 0) is 36.4 Å². The molecule has 0 atom stereocenters. The second kappa shape index (κ2) is 7.84. The van der Waals surface area contributed by atoms with Gasteiger partial charge in [-0.3, -0.25) is 18.7 Å². The summed E-state index contributed by atoms with van der Waals surface area (Å²) in [6, 6.07) is 9.58. The molecule has 2 amide bonds. The number of benzene rings is 2. The smallest absolute Gasteiger partial charge is 0.294 e. The number of amides is 2. The lowest BCUT2D eigenvalue weighted by molar-refractivity contribution is -0.123. The van der Waals surface area contributed by atoms with Crippen molar-refractivity contribution in [3.05, 3.63) is 48.5 Å². The third-order valence-corrected chi connectivity index (χ3v) is 4.85. The van der Waals surface area contributed by atoms with Crippen molar-refractivity contribution in [2.75, 3.05) is 10.6 Å². The van der Waals surface area contributed by atoms with Crippen molar-refractivity contribution in [2.24, 2.45) is 0 Å². The Morgan fingerprint density at radius 2 is 1.11 bits per heavy atom. The van der Waals surface area contributed by atoms with Gasteiger partial charge in [-0.1, -0.05) is 12.1 Å². The summed E-state index contributed by atoms with van der Waals surface area (Å²) < 4.78 is 62.2. The minimum absolute atomic E-state index is 0.0521. The van der Waals surface area contributed by atoms with Crippen LogP contribution in [-0.2, 0) is 29.8 Å². The highest BCUT2D eigenvalue weighted by Gasteiger charge is 2.14. The molecule has 2 aromatic rings. The first kappa shape index (κ1) is 20.5. The molecule has 0 heterocycles. The maximum atomic E-state index is 11.9. The van der Waals surface area contributed by atoms with E-state index in [9.17, 15) is 26.4 Å². The van der Waals surface area contributed by atoms with Crippen molar-refractivity contribution < 1.29 is 35.5 Å². The summed E-state index contributed by atoms with van der Waals surface area (Å²) in [7, 11) is -8.88. The number of hydrogen-bond donors (Lipinski definition) is 4. The summed E-state index contributed by atoms with van der Waals surface area (Å²) in [6.07, 6.45) is -0.647. The zero-order chi connectivity index (χ0) is 20.2. The first-order chi connectivity index (χ1) is 12.4. The zero-order valence-corrected chi connectivity index (χ0v) is 15.1. The van der Waals surface area contributed by atoms with Crippen molar-refractivity contribution in [2.45, 2.75) is 16.2 Å². The van der Waals surface area contributed by atoms with E-state index in [-0.39, 0.29) is 11.4 Å². The number of carbonyl (C=O) groups is 2. The summed E-state index contributed by atoms with van der Waals surface area (Å²) in [4.78, 5) is 22.9. The Labute approximate surface area is 154 Å². The second-order valence-corrected chi connectivity index (χ2v) is 8.12. The number of nitrogens with one attached hydrogen (secondary N) is 2. The quantitative estimate of drug-likeness (QED) is 0.403. The van der Waals surface area contributed by atoms with Gasteiger partial charge >= 0.3 is 0 Å². The molecule has 0 saturated heterocycles. The molecule has 2 rings (SSSR count). The van der Waals surface area contributed by atoms with Crippen LogP contribution in [0.25, 0.3) is 0 Å². The number of hydrogen-bond acceptors (Lipinski definition) is 6. The van der Waals surface area contributed by atoms with Gasteiger partial charge in [0.2, 0.25) is 11.8 Å². The van der Waals surface area contributed by atoms with Crippen molar-refractivity contribution in [3.8, 4) is 0 Å². The minimum Gasteiger partial charge on any atom is -0.326 e. The maximum absolute atomic E-state index is 11.9. The van der Waals surface area contributed by atoms with Crippen LogP contribution in [0.3, 0.4) is 0 Å². The average molecular weight is 414 g/mol. The topological polar surface area (TPSA) is 167 Å². The van der Waals surface area contributed by atoms with E-state index in [0.29, 0.717) is 0 Å². The van der Waals surface area contributed by atoms with E-state index in [1.165, 1.54) is 24.3 Å². The van der Waals surface area contributed by atoms with E-state index >= 15 is 0 Å². The molecule has 2 aromatic carbocycles. The summed E-state index contributed by atoms with van der Waals surface area (Å²) in [5, 5.41) is 4.59. The maximum Gasteiger partial charge on any atom is 0.294 e. The Balaban J connectivity index is 2.02. The van der Waals surface area contributed by atoms with E-state index in [0.717, 1.165) is 24.3 Å². The normalized spacial score (nSPS) is 11.6. The molecule has 0 bridgehead atoms. The van der Waals surface area contributed by atoms with Crippen LogP contribution < -0.4 is 10.6 Å². The summed E-state index contributed by atoms with van der Waals surface area (Å²) >= 11 is 0. The predicted octanol–water partition coefficient (Wildman–Crippen LogP) is 1.15. The zero-order valence-electron chi connectivity index (χ0n) is 13.5. The van der Waals surface area contributed by atoms with Gasteiger partial charge in [0.25, 0.3) is 20.2 Å². The fourth-order valence-corrected chi connectivity index (χ4v) is 3.08. The lowest BCUT2D eigenvalue weighted by atomic mass is 10.3. The van der Waals surface area contributed by atoms with Gasteiger partial charge in [-0.2, -0.15) is 16.8 Å². The fraction of sp³-hybridized carbons (Fsp3) is 0.0667. The molecule has 0 saturated carbocycles. The standard InChI is InChI=1S/C15H14N2O8S2/c18-14(16-10-3-1-5-12(7-10)26(20,21)22)9-15(19)17-11-4-2-6-13(8-11)27(23,24)25/h1-8H,9H2,(H,16,18)(H,17,19)(H,20,21,22)(H,23,24,25). The van der Waals surface area contributed by atoms with Gasteiger partial charge < -0.3 is 10.6 Å². The predicted molar refractivity (Wildman–Crippen MR) is 94.4 cm³/mol. The summed E-state index contributed by atoms with van der Waals surface area (Å²) in [5.41, 5.74) is 0.104. The van der Waals surface area contributed by atoms with Crippen molar-refractivity contribution in [1.82, 2.24) is 0 Å². The molecule has 0 unspecified atom stereocenters. The molecular formula is C15H14N2O8S2. The van der Waals surface area contributed by atoms with Crippen molar-refractivity contribution in [3.63, 3.8) is 0 Å². The van der Waals surface area contributed by atoms with E-state index in [4.69, 9.17) is 9.11 Å². The first-order valence-corrected chi connectivity index (χ1v) is 10.1. The molecule has 0 aromatic heterocycles. The van der Waals surface area contributed by atoms with Gasteiger partial charge in [-0.25, -0.2) is 0 Å². The molecule has 12 heteroatoms. The highest BCUT2D eigenvalue weighted by Crippen LogP contribution is 2.17. The fourth-order valence-electron chi connectivity index (χ4n) is 2.02. The van der Waals surface area contributed by atoms with E-state index in [2.05, 4.69) is 10.6 Å². The van der Waals surface area contributed by atoms with Crippen LogP contribution in [-0.4, -0.2) is 37.8 Å². The number of anilines is 2. The average Bonchev–Trinajstić information content (AvgIpc) is 2.53. The van der Waals surface area contributed by atoms with Crippen LogP contribution in [0.5, 0.6) is 0 Å². The van der Waals surface area contributed by atoms with Crippen LogP contribution in [0, 0.1) is 0 Å². The largest absolute Gasteiger partial charge is 0.326 e. The molecule has 27 heavy (non-hydrogen) atoms. The van der Waals surface area contributed by atoms with Gasteiger partial charge in [0.05, 0.1) is 9.79 Å². The third kappa shape index (κ3) is 6.14. The first-order valence-electron chi connectivity index (χ1n) is 7.20. The van der Waals surface area contributed by atoms with E-state index < -0.39 is 48.3 Å². The molecule has 10 nitrogen and oxygen atoms in total. The molecule has 0 spiro atoms. The van der Waals surface area contributed by atoms with Crippen LogP contribution in [0.15, 0.2) is 58.3 Å². The monoisotopic (exact) mass is 414 g/mol. The van der Waals surface area contributed by atoms with Gasteiger partial charge in [0.15, 0.2) is 0 Å². The van der Waals surface area contributed by atoms with Gasteiger partial charge in [0.1, 0.15) is 6.42 Å². The van der Waals surface area contributed by atoms with Gasteiger partial charge in [-0.15, -0.1) is 0 Å². The Hall–Kier alpha value is -2.80. The van der Waals surface area contributed by atoms with E-state index in [1.54, 1.807) is 0 Å². The molecule has 0 aliphatic rings. The molecular weight excluding hydrogens is 400 g/mol. The number of carbonyl (C=O) groups excluding carboxylic acids is 2. The molecule has 0 aliphatic heterocycles. The lowest BCUT2D eigenvalue weighted by Gasteiger charge is -2.08. The third-order valence-electron chi connectivity index (χ3n) is 3.15. The minimum atomic E-state index is -4.44. The van der Waals surface area contributed by atoms with Crippen molar-refractivity contribution >= 4 is 43.4 Å². The Morgan fingerprint density at radius 3 is 1.44 bits per heavy atom. The van der Waals surface area contributed by atoms with Crippen LogP contribution >= 0.6 is 0 Å². The second-order valence-electron chi connectivity index (χ2n) is 5.28. The highest BCUT2D eigenvalue weighted by molar-refractivity contribution is 7.86. The van der Waals surface area contributed by atoms with Crippen molar-refractivity contribution in [1.29, 1.82) is 0 Å². The molecule has 0 aliphatic carbocycles. The SMILES string of the molecule is O=C(CC(=O)Nc1cccc(S(=O)(=O)O)c1)Nc1cccc(S(=O)(=O)O)c1. The Morgan fingerprint density at radius 1 is 0.741 bits per heavy atom. The van der Waals surface area contributed by atoms with E-state index in [1.807, 2.05) is 0 Å². The lowest BCUT2D eigenvalue weighted by Crippen LogP contribution is -2.21. The molecule has 144 valence electrons. The van der Waals surface area contributed by atoms with Crippen LogP contribution in [0.4, 0.5) is 11.4 Å². The molecule has 4 N–H and O–H groups in total. The Kier molecular flexibility index (Phi) is 5.95. The number of rotatable bonds is 6.